The van der Waals surface area contributed by atoms with Crippen LogP contribution in [0.5, 0.6) is 0 Å². The Morgan fingerprint density at radius 1 is 1.25 bits per heavy atom. The smallest absolute Gasteiger partial charge is 0.350 e. The third-order valence-corrected chi connectivity index (χ3v) is 5.39. The summed E-state index contributed by atoms with van der Waals surface area (Å²) in [7, 11) is 0. The van der Waals surface area contributed by atoms with Crippen LogP contribution in [0.15, 0.2) is 47.2 Å². The Balaban J connectivity index is 1.45. The number of alkyl halides is 3. The van der Waals surface area contributed by atoms with Crippen molar-refractivity contribution in [2.24, 2.45) is 0 Å². The van der Waals surface area contributed by atoms with Crippen LogP contribution in [0.1, 0.15) is 40.4 Å². The molecule has 1 N–H and O–H groups in total. The zero-order chi connectivity index (χ0) is 19.7. The van der Waals surface area contributed by atoms with Crippen molar-refractivity contribution in [1.82, 2.24) is 15.1 Å². The van der Waals surface area contributed by atoms with Gasteiger partial charge in [-0.25, -0.2) is 0 Å². The Kier molecular flexibility index (Phi) is 4.97. The van der Waals surface area contributed by atoms with Gasteiger partial charge >= 0.3 is 6.18 Å². The molecule has 4 rings (SSSR count). The molecule has 0 bridgehead atoms. The number of nitrogens with one attached hydrogen (secondary N) is 1. The highest BCUT2D eigenvalue weighted by molar-refractivity contribution is 7.08. The third kappa shape index (κ3) is 3.96. The number of nitrogens with zero attached hydrogens (tertiary/aromatic N) is 2. The van der Waals surface area contributed by atoms with Gasteiger partial charge in [0, 0.05) is 29.1 Å². The van der Waals surface area contributed by atoms with Crippen molar-refractivity contribution >= 4 is 17.2 Å². The van der Waals surface area contributed by atoms with E-state index in [9.17, 15) is 18.0 Å². The molecule has 146 valence electrons. The van der Waals surface area contributed by atoms with Gasteiger partial charge in [-0.1, -0.05) is 12.1 Å². The summed E-state index contributed by atoms with van der Waals surface area (Å²) < 4.78 is 41.1. The van der Waals surface area contributed by atoms with E-state index >= 15 is 0 Å². The van der Waals surface area contributed by atoms with Crippen LogP contribution in [0.4, 0.5) is 13.2 Å². The van der Waals surface area contributed by atoms with Gasteiger partial charge in [-0.3, -0.25) is 9.48 Å². The average molecular weight is 405 g/mol. The van der Waals surface area contributed by atoms with E-state index in [1.165, 1.54) is 18.2 Å². The van der Waals surface area contributed by atoms with E-state index in [1.807, 2.05) is 21.5 Å². The third-order valence-electron chi connectivity index (χ3n) is 4.71. The lowest BCUT2D eigenvalue weighted by Gasteiger charge is -2.13. The fourth-order valence-electron chi connectivity index (χ4n) is 3.17. The first-order valence-corrected chi connectivity index (χ1v) is 9.92. The lowest BCUT2D eigenvalue weighted by molar-refractivity contribution is -0.137. The fourth-order valence-corrected chi connectivity index (χ4v) is 3.82. The Bertz CT molecular complexity index is 975. The molecule has 1 aliphatic rings. The molecule has 28 heavy (non-hydrogen) atoms. The molecule has 1 saturated carbocycles. The maximum Gasteiger partial charge on any atom is 0.417 e. The van der Waals surface area contributed by atoms with Crippen LogP contribution < -0.4 is 5.32 Å². The lowest BCUT2D eigenvalue weighted by atomic mass is 10.1. The minimum atomic E-state index is -4.56. The second-order valence-electron chi connectivity index (χ2n) is 6.76. The molecule has 0 saturated heterocycles. The fraction of sp³-hybridized carbons (Fsp3) is 0.300. The number of amides is 1. The van der Waals surface area contributed by atoms with Gasteiger partial charge in [-0.05, 0) is 42.5 Å². The summed E-state index contributed by atoms with van der Waals surface area (Å²) in [6, 6.07) is 8.88. The van der Waals surface area contributed by atoms with E-state index in [-0.39, 0.29) is 12.1 Å². The number of thiophene rings is 1. The molecule has 1 aliphatic carbocycles. The number of carbonyl (C=O) groups excluding carboxylic acids is 1. The molecular weight excluding hydrogens is 387 g/mol. The van der Waals surface area contributed by atoms with Crippen molar-refractivity contribution in [2.45, 2.75) is 31.5 Å². The molecule has 1 amide bonds. The van der Waals surface area contributed by atoms with E-state index in [1.54, 1.807) is 11.3 Å². The Morgan fingerprint density at radius 3 is 2.71 bits per heavy atom. The summed E-state index contributed by atoms with van der Waals surface area (Å²) in [6.07, 6.45) is -2.34. The SMILES string of the molecule is O=C(NCCn1nc(-c2ccsc2)cc1C1CC1)c1ccccc1C(F)(F)F. The van der Waals surface area contributed by atoms with Gasteiger partial charge in [0.15, 0.2) is 0 Å². The van der Waals surface area contributed by atoms with Crippen molar-refractivity contribution < 1.29 is 18.0 Å². The average Bonchev–Trinajstić information content (AvgIpc) is 3.19. The molecule has 0 unspecified atom stereocenters. The number of carbonyl (C=O) groups is 1. The second kappa shape index (κ2) is 7.43. The molecule has 0 radical (unpaired) electrons. The zero-order valence-electron chi connectivity index (χ0n) is 14.9. The van der Waals surface area contributed by atoms with Crippen LogP contribution in [-0.4, -0.2) is 22.2 Å². The van der Waals surface area contributed by atoms with Gasteiger partial charge in [-0.15, -0.1) is 0 Å². The molecule has 1 aromatic carbocycles. The molecule has 3 aromatic rings. The van der Waals surface area contributed by atoms with Gasteiger partial charge < -0.3 is 5.32 Å². The molecule has 0 aliphatic heterocycles. The standard InChI is InChI=1S/C20H18F3N3OS/c21-20(22,23)16-4-2-1-3-15(16)19(27)24-8-9-26-18(13-5-6-13)11-17(25-26)14-7-10-28-12-14/h1-4,7,10-13H,5-6,8-9H2,(H,24,27). The number of benzene rings is 1. The van der Waals surface area contributed by atoms with Crippen LogP contribution in [0, 0.1) is 0 Å². The number of halogens is 3. The summed E-state index contributed by atoms with van der Waals surface area (Å²) >= 11 is 1.60. The minimum absolute atomic E-state index is 0.204. The number of hydrogen-bond donors (Lipinski definition) is 1. The lowest BCUT2D eigenvalue weighted by Crippen LogP contribution is -2.29. The first-order valence-electron chi connectivity index (χ1n) is 8.98. The van der Waals surface area contributed by atoms with Crippen molar-refractivity contribution in [3.63, 3.8) is 0 Å². The van der Waals surface area contributed by atoms with E-state index in [0.29, 0.717) is 12.5 Å². The summed E-state index contributed by atoms with van der Waals surface area (Å²) in [6.45, 7) is 0.616. The first-order chi connectivity index (χ1) is 13.4. The molecule has 2 heterocycles. The molecule has 1 fully saturated rings. The normalized spacial score (nSPS) is 14.2. The molecule has 4 nitrogen and oxygen atoms in total. The van der Waals surface area contributed by atoms with Gasteiger partial charge in [0.05, 0.1) is 23.4 Å². The van der Waals surface area contributed by atoms with Crippen LogP contribution in [0.25, 0.3) is 11.3 Å². The van der Waals surface area contributed by atoms with Crippen molar-refractivity contribution in [3.05, 3.63) is 64.0 Å². The first kappa shape index (κ1) is 18.7. The quantitative estimate of drug-likeness (QED) is 0.632. The monoisotopic (exact) mass is 405 g/mol. The predicted octanol–water partition coefficient (Wildman–Crippen LogP) is 4.94. The number of rotatable bonds is 6. The minimum Gasteiger partial charge on any atom is -0.350 e. The van der Waals surface area contributed by atoms with E-state index in [0.717, 1.165) is 35.9 Å². The summed E-state index contributed by atoms with van der Waals surface area (Å²) in [5.41, 5.74) is 1.76. The Morgan fingerprint density at radius 2 is 2.04 bits per heavy atom. The van der Waals surface area contributed by atoms with Crippen LogP contribution in [0.3, 0.4) is 0 Å². The van der Waals surface area contributed by atoms with Gasteiger partial charge in [0.25, 0.3) is 5.91 Å². The highest BCUT2D eigenvalue weighted by Gasteiger charge is 2.34. The molecule has 0 spiro atoms. The summed E-state index contributed by atoms with van der Waals surface area (Å²) in [5, 5.41) is 11.2. The Hall–Kier alpha value is -2.61. The summed E-state index contributed by atoms with van der Waals surface area (Å²) in [4.78, 5) is 12.3. The number of hydrogen-bond acceptors (Lipinski definition) is 3. The second-order valence-corrected chi connectivity index (χ2v) is 7.54. The topological polar surface area (TPSA) is 46.9 Å². The van der Waals surface area contributed by atoms with E-state index in [2.05, 4.69) is 16.5 Å². The molecule has 2 aromatic heterocycles. The molecule has 0 atom stereocenters. The summed E-state index contributed by atoms with van der Waals surface area (Å²) in [5.74, 6) is -0.257. The zero-order valence-corrected chi connectivity index (χ0v) is 15.7. The van der Waals surface area contributed by atoms with E-state index in [4.69, 9.17) is 0 Å². The van der Waals surface area contributed by atoms with Crippen LogP contribution >= 0.6 is 11.3 Å². The van der Waals surface area contributed by atoms with Crippen LogP contribution in [0.2, 0.25) is 0 Å². The highest BCUT2D eigenvalue weighted by Crippen LogP contribution is 2.41. The molecule has 8 heteroatoms. The van der Waals surface area contributed by atoms with Crippen molar-refractivity contribution in [2.75, 3.05) is 6.54 Å². The van der Waals surface area contributed by atoms with Crippen molar-refractivity contribution in [3.8, 4) is 11.3 Å². The molecular formula is C20H18F3N3OS. The number of aromatic nitrogens is 2. The van der Waals surface area contributed by atoms with Crippen LogP contribution in [-0.2, 0) is 12.7 Å². The van der Waals surface area contributed by atoms with Crippen molar-refractivity contribution in [1.29, 1.82) is 0 Å². The van der Waals surface area contributed by atoms with E-state index < -0.39 is 17.6 Å². The maximum atomic E-state index is 13.1. The largest absolute Gasteiger partial charge is 0.417 e. The van der Waals surface area contributed by atoms with Gasteiger partial charge in [-0.2, -0.15) is 29.6 Å². The Labute approximate surface area is 164 Å². The predicted molar refractivity (Wildman–Crippen MR) is 101 cm³/mol. The van der Waals surface area contributed by atoms with Gasteiger partial charge in [0.1, 0.15) is 0 Å². The maximum absolute atomic E-state index is 13.1. The highest BCUT2D eigenvalue weighted by atomic mass is 32.1. The van der Waals surface area contributed by atoms with Gasteiger partial charge in [0.2, 0.25) is 0 Å².